The molecule has 1 aromatic heterocycles. The molecule has 2 heterocycles. The third kappa shape index (κ3) is 3.83. The number of carbonyl (C=O) groups excluding carboxylic acids is 1. The van der Waals surface area contributed by atoms with E-state index in [1.54, 1.807) is 6.92 Å². The average Bonchev–Trinajstić information content (AvgIpc) is 3.02. The number of aromatic amines is 1. The molecule has 1 aliphatic rings. The Morgan fingerprint density at radius 2 is 2.08 bits per heavy atom. The van der Waals surface area contributed by atoms with E-state index < -0.39 is 17.7 Å². The van der Waals surface area contributed by atoms with Gasteiger partial charge in [0.15, 0.2) is 5.82 Å². The van der Waals surface area contributed by atoms with E-state index in [-0.39, 0.29) is 29.6 Å². The van der Waals surface area contributed by atoms with E-state index in [0.29, 0.717) is 17.2 Å². The van der Waals surface area contributed by atoms with E-state index in [0.717, 1.165) is 12.1 Å². The van der Waals surface area contributed by atoms with Gasteiger partial charge in [0, 0.05) is 17.4 Å². The van der Waals surface area contributed by atoms with E-state index in [9.17, 15) is 18.0 Å². The molecule has 3 rings (SSSR count). The van der Waals surface area contributed by atoms with E-state index in [1.165, 1.54) is 6.07 Å². The topological polar surface area (TPSA) is 82.7 Å². The van der Waals surface area contributed by atoms with Gasteiger partial charge in [-0.2, -0.15) is 18.3 Å². The van der Waals surface area contributed by atoms with Crippen molar-refractivity contribution in [3.63, 3.8) is 0 Å². The van der Waals surface area contributed by atoms with Crippen molar-refractivity contribution in [3.05, 3.63) is 46.0 Å². The van der Waals surface area contributed by atoms with Crippen LogP contribution in [0.25, 0.3) is 0 Å². The zero-order chi connectivity index (χ0) is 19.1. The number of rotatable bonds is 3. The van der Waals surface area contributed by atoms with Crippen LogP contribution in [0.3, 0.4) is 0 Å². The molecule has 26 heavy (non-hydrogen) atoms. The SMILES string of the molecule is CC1NC(=O)CC(c2nc(C(C)c3ccc(C(F)(F)F)cc3Cl)n[nH]2)N1. The zero-order valence-corrected chi connectivity index (χ0v) is 14.7. The Hall–Kier alpha value is -2.13. The summed E-state index contributed by atoms with van der Waals surface area (Å²) in [5, 5.41) is 12.9. The number of H-pyrrole nitrogens is 1. The van der Waals surface area contributed by atoms with Crippen LogP contribution in [-0.2, 0) is 11.0 Å². The molecule has 0 bridgehead atoms. The molecule has 3 N–H and O–H groups in total. The number of nitrogens with one attached hydrogen (secondary N) is 3. The van der Waals surface area contributed by atoms with Gasteiger partial charge in [0.05, 0.1) is 17.8 Å². The van der Waals surface area contributed by atoms with Crippen molar-refractivity contribution in [2.45, 2.75) is 44.6 Å². The van der Waals surface area contributed by atoms with Gasteiger partial charge < -0.3 is 5.32 Å². The van der Waals surface area contributed by atoms with Crippen molar-refractivity contribution < 1.29 is 18.0 Å². The number of hydrogen-bond acceptors (Lipinski definition) is 4. The van der Waals surface area contributed by atoms with Gasteiger partial charge in [0.25, 0.3) is 0 Å². The lowest BCUT2D eigenvalue weighted by atomic mass is 9.99. The molecule has 1 aromatic carbocycles. The second-order valence-electron chi connectivity index (χ2n) is 6.25. The maximum Gasteiger partial charge on any atom is 0.416 e. The minimum atomic E-state index is -4.45. The highest BCUT2D eigenvalue weighted by Crippen LogP contribution is 2.35. The molecule has 1 aliphatic heterocycles. The molecule has 0 aliphatic carbocycles. The monoisotopic (exact) mass is 387 g/mol. The van der Waals surface area contributed by atoms with Crippen LogP contribution in [0.5, 0.6) is 0 Å². The van der Waals surface area contributed by atoms with Gasteiger partial charge in [-0.25, -0.2) is 4.98 Å². The molecular weight excluding hydrogens is 371 g/mol. The van der Waals surface area contributed by atoms with Gasteiger partial charge in [-0.3, -0.25) is 15.2 Å². The highest BCUT2D eigenvalue weighted by atomic mass is 35.5. The minimum Gasteiger partial charge on any atom is -0.341 e. The van der Waals surface area contributed by atoms with E-state index in [4.69, 9.17) is 11.6 Å². The summed E-state index contributed by atoms with van der Waals surface area (Å²) in [5.74, 6) is 0.376. The fourth-order valence-electron chi connectivity index (χ4n) is 2.89. The normalized spacial score (nSPS) is 22.2. The largest absolute Gasteiger partial charge is 0.416 e. The molecule has 1 amide bonds. The first-order valence-electron chi connectivity index (χ1n) is 7.99. The van der Waals surface area contributed by atoms with Gasteiger partial charge in [-0.05, 0) is 24.6 Å². The first-order chi connectivity index (χ1) is 12.1. The molecule has 1 fully saturated rings. The summed E-state index contributed by atoms with van der Waals surface area (Å²) in [4.78, 5) is 16.1. The molecule has 3 unspecified atom stereocenters. The van der Waals surface area contributed by atoms with Crippen LogP contribution < -0.4 is 10.6 Å². The summed E-state index contributed by atoms with van der Waals surface area (Å²) < 4.78 is 38.3. The average molecular weight is 388 g/mol. The maximum atomic E-state index is 12.8. The smallest absolute Gasteiger partial charge is 0.341 e. The maximum absolute atomic E-state index is 12.8. The molecule has 0 spiro atoms. The molecule has 0 radical (unpaired) electrons. The summed E-state index contributed by atoms with van der Waals surface area (Å²) in [5.41, 5.74) is -0.312. The summed E-state index contributed by atoms with van der Waals surface area (Å²) in [6, 6.07) is 2.91. The predicted molar refractivity (Wildman–Crippen MR) is 88.5 cm³/mol. The van der Waals surface area contributed by atoms with Crippen LogP contribution in [0.15, 0.2) is 18.2 Å². The zero-order valence-electron chi connectivity index (χ0n) is 14.0. The summed E-state index contributed by atoms with van der Waals surface area (Å²) in [6.45, 7) is 3.57. The van der Waals surface area contributed by atoms with Crippen molar-refractivity contribution in [1.29, 1.82) is 0 Å². The number of benzene rings is 1. The fraction of sp³-hybridized carbons (Fsp3) is 0.438. The molecule has 6 nitrogen and oxygen atoms in total. The Morgan fingerprint density at radius 3 is 2.69 bits per heavy atom. The van der Waals surface area contributed by atoms with Crippen LogP contribution in [0, 0.1) is 0 Å². The second kappa shape index (κ2) is 6.88. The molecule has 140 valence electrons. The van der Waals surface area contributed by atoms with Crippen LogP contribution in [0.4, 0.5) is 13.2 Å². The van der Waals surface area contributed by atoms with Gasteiger partial charge in [0.1, 0.15) is 5.82 Å². The number of hydrogen-bond donors (Lipinski definition) is 3. The van der Waals surface area contributed by atoms with E-state index >= 15 is 0 Å². The van der Waals surface area contributed by atoms with Gasteiger partial charge >= 0.3 is 6.18 Å². The molecule has 2 aromatic rings. The Bertz CT molecular complexity index is 822. The van der Waals surface area contributed by atoms with Gasteiger partial charge in [-0.1, -0.05) is 24.6 Å². The Kier molecular flexibility index (Phi) is 4.94. The highest BCUT2D eigenvalue weighted by molar-refractivity contribution is 6.31. The lowest BCUT2D eigenvalue weighted by Crippen LogP contribution is -2.51. The summed E-state index contributed by atoms with van der Waals surface area (Å²) in [6.07, 6.45) is -4.43. The molecule has 10 heteroatoms. The van der Waals surface area contributed by atoms with Crippen LogP contribution in [0.1, 0.15) is 55.0 Å². The van der Waals surface area contributed by atoms with Crippen molar-refractivity contribution in [3.8, 4) is 0 Å². The summed E-state index contributed by atoms with van der Waals surface area (Å²) in [7, 11) is 0. The molecule has 0 saturated carbocycles. The predicted octanol–water partition coefficient (Wildman–Crippen LogP) is 3.13. The lowest BCUT2D eigenvalue weighted by molar-refractivity contribution is -0.137. The molecule has 1 saturated heterocycles. The van der Waals surface area contributed by atoms with Crippen molar-refractivity contribution >= 4 is 17.5 Å². The first-order valence-corrected chi connectivity index (χ1v) is 8.37. The quantitative estimate of drug-likeness (QED) is 0.755. The number of alkyl halides is 3. The third-order valence-electron chi connectivity index (χ3n) is 4.25. The second-order valence-corrected chi connectivity index (χ2v) is 6.65. The standard InChI is InChI=1S/C16H17ClF3N5O/c1-7(10-4-3-9(5-11(10)17)16(18,19)20)14-23-15(25-24-14)12-6-13(26)22-8(2)21-12/h3-5,7-8,12,21H,6H2,1-2H3,(H,22,26)(H,23,24,25). The van der Waals surface area contributed by atoms with E-state index in [2.05, 4.69) is 25.8 Å². The van der Waals surface area contributed by atoms with Crippen LogP contribution >= 0.6 is 11.6 Å². The van der Waals surface area contributed by atoms with Crippen LogP contribution in [0.2, 0.25) is 5.02 Å². The van der Waals surface area contributed by atoms with Crippen molar-refractivity contribution in [1.82, 2.24) is 25.8 Å². The number of nitrogens with zero attached hydrogens (tertiary/aromatic N) is 2. The number of amides is 1. The third-order valence-corrected chi connectivity index (χ3v) is 4.58. The Balaban J connectivity index is 1.82. The van der Waals surface area contributed by atoms with Crippen molar-refractivity contribution in [2.75, 3.05) is 0 Å². The summed E-state index contributed by atoms with van der Waals surface area (Å²) >= 11 is 6.04. The first kappa shape index (κ1) is 18.7. The fourth-order valence-corrected chi connectivity index (χ4v) is 3.24. The number of carbonyl (C=O) groups is 1. The lowest BCUT2D eigenvalue weighted by Gasteiger charge is -2.27. The van der Waals surface area contributed by atoms with E-state index in [1.807, 2.05) is 6.92 Å². The number of halogens is 4. The molecular formula is C16H17ClF3N5O. The Morgan fingerprint density at radius 1 is 1.35 bits per heavy atom. The van der Waals surface area contributed by atoms with Gasteiger partial charge in [-0.15, -0.1) is 0 Å². The Labute approximate surface area is 152 Å². The highest BCUT2D eigenvalue weighted by Gasteiger charge is 2.32. The van der Waals surface area contributed by atoms with Crippen molar-refractivity contribution in [2.24, 2.45) is 0 Å². The minimum absolute atomic E-state index is 0.00228. The molecule has 3 atom stereocenters. The van der Waals surface area contributed by atoms with Crippen LogP contribution in [-0.4, -0.2) is 27.3 Å². The number of aromatic nitrogens is 3. The van der Waals surface area contributed by atoms with Gasteiger partial charge in [0.2, 0.25) is 5.91 Å².